The van der Waals surface area contributed by atoms with E-state index in [1.807, 2.05) is 6.08 Å². The van der Waals surface area contributed by atoms with Crippen LogP contribution in [0.1, 0.15) is 53.4 Å². The summed E-state index contributed by atoms with van der Waals surface area (Å²) in [6.07, 6.45) is 11.0. The van der Waals surface area contributed by atoms with Crippen LogP contribution in [0.3, 0.4) is 0 Å². The van der Waals surface area contributed by atoms with Crippen molar-refractivity contribution in [2.24, 2.45) is 11.7 Å². The molecule has 1 nitrogen and oxygen atoms in total. The van der Waals surface area contributed by atoms with Crippen LogP contribution in [0.4, 0.5) is 0 Å². The first-order chi connectivity index (χ1) is 8.04. The van der Waals surface area contributed by atoms with Crippen molar-refractivity contribution in [3.8, 4) is 0 Å². The van der Waals surface area contributed by atoms with Crippen LogP contribution >= 0.6 is 0 Å². The molecule has 2 atom stereocenters. The Kier molecular flexibility index (Phi) is 8.79. The van der Waals surface area contributed by atoms with Crippen LogP contribution in [0.5, 0.6) is 0 Å². The molecule has 2 unspecified atom stereocenters. The van der Waals surface area contributed by atoms with Gasteiger partial charge in [0.05, 0.1) is 0 Å². The molecule has 0 aliphatic rings. The smallest absolute Gasteiger partial charge is 0.00105 e. The zero-order valence-electron chi connectivity index (χ0n) is 12.0. The van der Waals surface area contributed by atoms with Crippen molar-refractivity contribution in [3.05, 3.63) is 36.0 Å². The first-order valence-electron chi connectivity index (χ1n) is 6.75. The van der Waals surface area contributed by atoms with Gasteiger partial charge in [-0.05, 0) is 57.1 Å². The van der Waals surface area contributed by atoms with Crippen LogP contribution in [-0.4, -0.2) is 6.04 Å². The first-order valence-corrected chi connectivity index (χ1v) is 6.75. The second-order valence-electron chi connectivity index (χ2n) is 4.95. The van der Waals surface area contributed by atoms with Crippen LogP contribution in [0.25, 0.3) is 0 Å². The van der Waals surface area contributed by atoms with Gasteiger partial charge in [-0.1, -0.05) is 38.2 Å². The standard InChI is InChI=1S/C16H29N/c1-6-9-16(13(4)7-2)12-15(8-3)11-10-14(5)17/h6-7,9,14-15H,2,8,10-12,17H2,1,3-5H3. The van der Waals surface area contributed by atoms with Crippen LogP contribution in [0.2, 0.25) is 0 Å². The quantitative estimate of drug-likeness (QED) is 0.611. The van der Waals surface area contributed by atoms with E-state index in [0.29, 0.717) is 6.04 Å². The third-order valence-corrected chi connectivity index (χ3v) is 3.30. The molecule has 0 amide bonds. The molecule has 0 aromatic rings. The molecule has 0 radical (unpaired) electrons. The molecule has 1 heteroatoms. The second kappa shape index (κ2) is 9.23. The number of allylic oxidation sites excluding steroid dienone is 5. The molecule has 0 aliphatic heterocycles. The summed E-state index contributed by atoms with van der Waals surface area (Å²) < 4.78 is 0. The molecule has 2 N–H and O–H groups in total. The van der Waals surface area contributed by atoms with E-state index in [1.165, 1.54) is 24.0 Å². The van der Waals surface area contributed by atoms with Gasteiger partial charge < -0.3 is 5.73 Å². The topological polar surface area (TPSA) is 26.0 Å². The Morgan fingerprint density at radius 2 is 2.00 bits per heavy atom. The minimum absolute atomic E-state index is 0.318. The van der Waals surface area contributed by atoms with Gasteiger partial charge in [0.2, 0.25) is 0 Å². The third-order valence-electron chi connectivity index (χ3n) is 3.30. The van der Waals surface area contributed by atoms with Gasteiger partial charge in [0, 0.05) is 6.04 Å². The highest BCUT2D eigenvalue weighted by Crippen LogP contribution is 2.24. The molecule has 0 fully saturated rings. The van der Waals surface area contributed by atoms with Gasteiger partial charge in [0.15, 0.2) is 0 Å². The predicted molar refractivity (Wildman–Crippen MR) is 79.0 cm³/mol. The summed E-state index contributed by atoms with van der Waals surface area (Å²) in [5.74, 6) is 0.738. The normalized spacial score (nSPS) is 16.8. The Labute approximate surface area is 107 Å². The van der Waals surface area contributed by atoms with Crippen molar-refractivity contribution in [2.75, 3.05) is 0 Å². The maximum absolute atomic E-state index is 5.83. The van der Waals surface area contributed by atoms with Crippen LogP contribution in [0, 0.1) is 5.92 Å². The van der Waals surface area contributed by atoms with Crippen LogP contribution in [-0.2, 0) is 0 Å². The highest BCUT2D eigenvalue weighted by Gasteiger charge is 2.10. The Morgan fingerprint density at radius 1 is 1.35 bits per heavy atom. The number of hydrogen-bond donors (Lipinski definition) is 1. The largest absolute Gasteiger partial charge is 0.328 e. The van der Waals surface area contributed by atoms with Crippen molar-refractivity contribution in [1.82, 2.24) is 0 Å². The lowest BCUT2D eigenvalue weighted by Gasteiger charge is -2.17. The maximum Gasteiger partial charge on any atom is 0.00105 e. The fourth-order valence-corrected chi connectivity index (χ4v) is 1.95. The average molecular weight is 235 g/mol. The molecule has 98 valence electrons. The van der Waals surface area contributed by atoms with E-state index in [1.54, 1.807) is 0 Å². The van der Waals surface area contributed by atoms with E-state index in [4.69, 9.17) is 5.73 Å². The fourth-order valence-electron chi connectivity index (χ4n) is 1.95. The Morgan fingerprint density at radius 3 is 2.41 bits per heavy atom. The summed E-state index contributed by atoms with van der Waals surface area (Å²) in [4.78, 5) is 0. The molecule has 17 heavy (non-hydrogen) atoms. The molecule has 0 bridgehead atoms. The van der Waals surface area contributed by atoms with Gasteiger partial charge in [-0.3, -0.25) is 0 Å². The molecule has 0 rings (SSSR count). The molecule has 0 saturated carbocycles. The van der Waals surface area contributed by atoms with Crippen LogP contribution in [0.15, 0.2) is 36.0 Å². The molecule has 0 aromatic carbocycles. The summed E-state index contributed by atoms with van der Waals surface area (Å²) in [5.41, 5.74) is 8.54. The summed E-state index contributed by atoms with van der Waals surface area (Å²) in [7, 11) is 0. The van der Waals surface area contributed by atoms with Gasteiger partial charge in [0.25, 0.3) is 0 Å². The molecular weight excluding hydrogens is 206 g/mol. The Balaban J connectivity index is 4.55. The maximum atomic E-state index is 5.83. The summed E-state index contributed by atoms with van der Waals surface area (Å²) in [6, 6.07) is 0.318. The molecule has 0 heterocycles. The summed E-state index contributed by atoms with van der Waals surface area (Å²) in [6.45, 7) is 12.4. The lowest BCUT2D eigenvalue weighted by atomic mass is 9.89. The van der Waals surface area contributed by atoms with E-state index in [9.17, 15) is 0 Å². The molecule has 0 saturated heterocycles. The predicted octanol–water partition coefficient (Wildman–Crippen LogP) is 4.61. The third kappa shape index (κ3) is 7.17. The van der Waals surface area contributed by atoms with Crippen molar-refractivity contribution in [1.29, 1.82) is 0 Å². The highest BCUT2D eigenvalue weighted by molar-refractivity contribution is 5.30. The van der Waals surface area contributed by atoms with Gasteiger partial charge in [0.1, 0.15) is 0 Å². The lowest BCUT2D eigenvalue weighted by molar-refractivity contribution is 0.433. The zero-order valence-corrected chi connectivity index (χ0v) is 12.0. The van der Waals surface area contributed by atoms with Crippen molar-refractivity contribution in [3.63, 3.8) is 0 Å². The number of hydrogen-bond acceptors (Lipinski definition) is 1. The van der Waals surface area contributed by atoms with E-state index in [2.05, 4.69) is 46.4 Å². The van der Waals surface area contributed by atoms with Crippen LogP contribution < -0.4 is 5.73 Å². The van der Waals surface area contributed by atoms with Gasteiger partial charge >= 0.3 is 0 Å². The minimum atomic E-state index is 0.318. The Hall–Kier alpha value is -0.820. The van der Waals surface area contributed by atoms with E-state index >= 15 is 0 Å². The molecule has 0 aromatic heterocycles. The molecule has 0 spiro atoms. The SMILES string of the molecule is C=CC(C)=C(C=CC)CC(CC)CCC(C)N. The molecule has 0 aliphatic carbocycles. The van der Waals surface area contributed by atoms with Gasteiger partial charge in [-0.15, -0.1) is 0 Å². The van der Waals surface area contributed by atoms with Crippen molar-refractivity contribution >= 4 is 0 Å². The van der Waals surface area contributed by atoms with Crippen molar-refractivity contribution < 1.29 is 0 Å². The number of rotatable bonds is 8. The average Bonchev–Trinajstić information content (AvgIpc) is 2.31. The van der Waals surface area contributed by atoms with Crippen molar-refractivity contribution in [2.45, 2.75) is 59.4 Å². The van der Waals surface area contributed by atoms with E-state index in [-0.39, 0.29) is 0 Å². The summed E-state index contributed by atoms with van der Waals surface area (Å²) >= 11 is 0. The zero-order chi connectivity index (χ0) is 13.3. The van der Waals surface area contributed by atoms with E-state index in [0.717, 1.165) is 18.8 Å². The molecular formula is C16H29N. The summed E-state index contributed by atoms with van der Waals surface area (Å²) in [5, 5.41) is 0. The number of nitrogens with two attached hydrogens (primary N) is 1. The highest BCUT2D eigenvalue weighted by atomic mass is 14.6. The van der Waals surface area contributed by atoms with E-state index < -0.39 is 0 Å². The first kappa shape index (κ1) is 16.2. The Bertz CT molecular complexity index is 271. The second-order valence-corrected chi connectivity index (χ2v) is 4.95. The minimum Gasteiger partial charge on any atom is -0.328 e. The monoisotopic (exact) mass is 235 g/mol. The van der Waals surface area contributed by atoms with Gasteiger partial charge in [-0.2, -0.15) is 0 Å². The lowest BCUT2D eigenvalue weighted by Crippen LogP contribution is -2.16. The fraction of sp³-hybridized carbons (Fsp3) is 0.625. The van der Waals surface area contributed by atoms with Gasteiger partial charge in [-0.25, -0.2) is 0 Å².